The maximum absolute atomic E-state index is 14.2. The highest BCUT2D eigenvalue weighted by atomic mass is 35.5. The number of hydrogen-bond donors (Lipinski definition) is 2. The summed E-state index contributed by atoms with van der Waals surface area (Å²) in [4.78, 5) is 15.7. The number of benzene rings is 3. The molecule has 10 heteroatoms. The Kier molecular flexibility index (Phi) is 8.88. The number of alkyl halides is 3. The predicted molar refractivity (Wildman–Crippen MR) is 158 cm³/mol. The highest BCUT2D eigenvalue weighted by Crippen LogP contribution is 2.47. The van der Waals surface area contributed by atoms with Crippen molar-refractivity contribution in [3.63, 3.8) is 0 Å². The SMILES string of the molecule is C=C1CC2(CCN(CCC(C(=O)NCc3cccc(C(F)(F)F)c3)c3ccc(Cl)c(Cl)c3)CC2)c2cc(F)ccc2N1. The van der Waals surface area contributed by atoms with Crippen molar-refractivity contribution in [1.82, 2.24) is 10.2 Å². The lowest BCUT2D eigenvalue weighted by Gasteiger charge is -2.46. The van der Waals surface area contributed by atoms with Crippen LogP contribution in [0.2, 0.25) is 10.0 Å². The molecule has 0 aromatic heterocycles. The molecule has 1 unspecified atom stereocenters. The molecule has 4 nitrogen and oxygen atoms in total. The molecular weight excluding hydrogens is 589 g/mol. The first-order valence-electron chi connectivity index (χ1n) is 13.8. The van der Waals surface area contributed by atoms with Gasteiger partial charge >= 0.3 is 6.18 Å². The van der Waals surface area contributed by atoms with E-state index in [4.69, 9.17) is 23.2 Å². The van der Waals surface area contributed by atoms with Crippen LogP contribution in [0.3, 0.4) is 0 Å². The lowest BCUT2D eigenvalue weighted by Crippen LogP contribution is -2.45. The molecule has 0 aliphatic carbocycles. The fourth-order valence-corrected chi connectivity index (χ4v) is 6.42. The zero-order chi connectivity index (χ0) is 30.1. The summed E-state index contributed by atoms with van der Waals surface area (Å²) < 4.78 is 53.6. The highest BCUT2D eigenvalue weighted by molar-refractivity contribution is 6.42. The van der Waals surface area contributed by atoms with Gasteiger partial charge in [-0.2, -0.15) is 13.2 Å². The topological polar surface area (TPSA) is 44.4 Å². The van der Waals surface area contributed by atoms with Crippen molar-refractivity contribution < 1.29 is 22.4 Å². The molecule has 1 fully saturated rings. The summed E-state index contributed by atoms with van der Waals surface area (Å²) in [5.41, 5.74) is 2.88. The number of carbonyl (C=O) groups is 1. The van der Waals surface area contributed by atoms with Gasteiger partial charge in [0, 0.05) is 23.3 Å². The molecule has 3 aromatic rings. The quantitative estimate of drug-likeness (QED) is 0.261. The Morgan fingerprint density at radius 3 is 2.52 bits per heavy atom. The van der Waals surface area contributed by atoms with Gasteiger partial charge in [-0.15, -0.1) is 0 Å². The largest absolute Gasteiger partial charge is 0.416 e. The first-order chi connectivity index (χ1) is 19.9. The summed E-state index contributed by atoms with van der Waals surface area (Å²) in [5.74, 6) is -1.15. The molecule has 2 aliphatic rings. The Bertz CT molecular complexity index is 1480. The number of hydrogen-bond acceptors (Lipinski definition) is 3. The number of fused-ring (bicyclic) bond motifs is 2. The van der Waals surface area contributed by atoms with E-state index >= 15 is 0 Å². The molecule has 1 spiro atoms. The smallest absolute Gasteiger partial charge is 0.359 e. The zero-order valence-corrected chi connectivity index (χ0v) is 24.3. The van der Waals surface area contributed by atoms with Crippen molar-refractivity contribution in [2.24, 2.45) is 0 Å². The Morgan fingerprint density at radius 2 is 1.81 bits per heavy atom. The third kappa shape index (κ3) is 6.77. The number of halogens is 6. The van der Waals surface area contributed by atoms with E-state index in [2.05, 4.69) is 22.1 Å². The molecule has 3 aromatic carbocycles. The normalized spacial score (nSPS) is 17.4. The minimum Gasteiger partial charge on any atom is -0.359 e. The molecule has 2 heterocycles. The summed E-state index contributed by atoms with van der Waals surface area (Å²) in [6.45, 7) is 6.26. The van der Waals surface area contributed by atoms with Crippen molar-refractivity contribution in [3.8, 4) is 0 Å². The second kappa shape index (κ2) is 12.3. The Balaban J connectivity index is 1.27. The van der Waals surface area contributed by atoms with Gasteiger partial charge < -0.3 is 15.5 Å². The van der Waals surface area contributed by atoms with Crippen molar-refractivity contribution in [1.29, 1.82) is 0 Å². The first kappa shape index (κ1) is 30.4. The van der Waals surface area contributed by atoms with E-state index in [-0.39, 0.29) is 23.7 Å². The number of anilines is 1. The molecule has 5 rings (SSSR count). The number of allylic oxidation sites excluding steroid dienone is 1. The van der Waals surface area contributed by atoms with Gasteiger partial charge in [0.15, 0.2) is 0 Å². The maximum Gasteiger partial charge on any atom is 0.416 e. The number of rotatable bonds is 7. The van der Waals surface area contributed by atoms with Crippen LogP contribution in [0.25, 0.3) is 0 Å². The average molecular weight is 621 g/mol. The fourth-order valence-electron chi connectivity index (χ4n) is 6.11. The molecule has 222 valence electrons. The Hall–Kier alpha value is -3.07. The fraction of sp³-hybridized carbons (Fsp3) is 0.344. The van der Waals surface area contributed by atoms with E-state index in [0.717, 1.165) is 61.4 Å². The summed E-state index contributed by atoms with van der Waals surface area (Å²) in [6, 6.07) is 14.8. The van der Waals surface area contributed by atoms with Gasteiger partial charge in [0.05, 0.1) is 21.5 Å². The summed E-state index contributed by atoms with van der Waals surface area (Å²) in [5, 5.41) is 6.79. The number of likely N-dealkylation sites (tertiary alicyclic amines) is 1. The van der Waals surface area contributed by atoms with Crippen LogP contribution in [-0.4, -0.2) is 30.4 Å². The number of amides is 1. The van der Waals surface area contributed by atoms with E-state index in [0.29, 0.717) is 34.1 Å². The van der Waals surface area contributed by atoms with Crippen molar-refractivity contribution in [3.05, 3.63) is 111 Å². The molecule has 1 amide bonds. The summed E-state index contributed by atoms with van der Waals surface area (Å²) in [6.07, 6.45) is -1.61. The second-order valence-electron chi connectivity index (χ2n) is 11.1. The molecule has 0 radical (unpaired) electrons. The number of piperidine rings is 1. The molecule has 2 aliphatic heterocycles. The molecule has 42 heavy (non-hydrogen) atoms. The first-order valence-corrected chi connectivity index (χ1v) is 14.6. The van der Waals surface area contributed by atoms with Crippen LogP contribution in [0, 0.1) is 5.82 Å². The van der Waals surface area contributed by atoms with E-state index in [1.807, 2.05) is 0 Å². The van der Waals surface area contributed by atoms with Gasteiger partial charge in [0.1, 0.15) is 5.82 Å². The molecular formula is C32H31Cl2F4N3O. The molecule has 0 saturated carbocycles. The van der Waals surface area contributed by atoms with E-state index in [1.54, 1.807) is 36.4 Å². The monoisotopic (exact) mass is 619 g/mol. The minimum atomic E-state index is -4.47. The minimum absolute atomic E-state index is 0.0410. The lowest BCUT2D eigenvalue weighted by molar-refractivity contribution is -0.137. The van der Waals surface area contributed by atoms with Crippen molar-refractivity contribution in [2.75, 3.05) is 25.0 Å². The molecule has 2 N–H and O–H groups in total. The number of nitrogens with zero attached hydrogens (tertiary/aromatic N) is 1. The third-order valence-electron chi connectivity index (χ3n) is 8.35. The highest BCUT2D eigenvalue weighted by Gasteiger charge is 2.41. The average Bonchev–Trinajstić information content (AvgIpc) is 2.95. The van der Waals surface area contributed by atoms with Gasteiger partial charge in [-0.1, -0.05) is 48.0 Å². The lowest BCUT2D eigenvalue weighted by atomic mass is 9.67. The number of nitrogens with one attached hydrogen (secondary N) is 2. The zero-order valence-electron chi connectivity index (χ0n) is 22.8. The van der Waals surface area contributed by atoms with Crippen LogP contribution in [0.4, 0.5) is 23.2 Å². The van der Waals surface area contributed by atoms with E-state index < -0.39 is 17.7 Å². The van der Waals surface area contributed by atoms with Crippen molar-refractivity contribution >= 4 is 34.8 Å². The van der Waals surface area contributed by atoms with Gasteiger partial charge in [-0.3, -0.25) is 4.79 Å². The predicted octanol–water partition coefficient (Wildman–Crippen LogP) is 8.30. The van der Waals surface area contributed by atoms with Crippen LogP contribution in [-0.2, 0) is 22.9 Å². The standard InChI is InChI=1S/C32H31Cl2F4N3O/c1-20-18-31(26-17-24(35)6-8-29(26)40-20)10-13-41(14-11-31)12-9-25(22-5-7-27(33)28(34)16-22)30(42)39-19-21-3-2-4-23(15-21)32(36,37)38/h2-8,15-17,25,40H,1,9-14,18-19H2,(H,39,42). The summed E-state index contributed by atoms with van der Waals surface area (Å²) in [7, 11) is 0. The molecule has 0 bridgehead atoms. The van der Waals surface area contributed by atoms with Gasteiger partial charge in [-0.05, 0) is 104 Å². The summed E-state index contributed by atoms with van der Waals surface area (Å²) >= 11 is 12.4. The molecule has 1 atom stereocenters. The number of carbonyl (C=O) groups excluding carboxylic acids is 1. The maximum atomic E-state index is 14.2. The van der Waals surface area contributed by atoms with Gasteiger partial charge in [0.2, 0.25) is 5.91 Å². The van der Waals surface area contributed by atoms with E-state index in [1.165, 1.54) is 12.1 Å². The molecule has 1 saturated heterocycles. The Labute approximate surface area is 252 Å². The van der Waals surface area contributed by atoms with Crippen LogP contribution in [0.5, 0.6) is 0 Å². The van der Waals surface area contributed by atoms with Crippen LogP contribution < -0.4 is 10.6 Å². The third-order valence-corrected chi connectivity index (χ3v) is 9.09. The van der Waals surface area contributed by atoms with E-state index in [9.17, 15) is 22.4 Å². The van der Waals surface area contributed by atoms with Gasteiger partial charge in [-0.25, -0.2) is 4.39 Å². The van der Waals surface area contributed by atoms with Crippen LogP contribution in [0.1, 0.15) is 53.9 Å². The Morgan fingerprint density at radius 1 is 1.05 bits per heavy atom. The van der Waals surface area contributed by atoms with Crippen LogP contribution in [0.15, 0.2) is 72.9 Å². The van der Waals surface area contributed by atoms with Crippen LogP contribution >= 0.6 is 23.2 Å². The van der Waals surface area contributed by atoms with Gasteiger partial charge in [0.25, 0.3) is 0 Å². The van der Waals surface area contributed by atoms with Crippen molar-refractivity contribution in [2.45, 2.75) is 49.7 Å². The second-order valence-corrected chi connectivity index (χ2v) is 12.0.